The van der Waals surface area contributed by atoms with Crippen molar-refractivity contribution >= 4 is 17.7 Å². The third-order valence-electron chi connectivity index (χ3n) is 2.15. The highest BCUT2D eigenvalue weighted by Gasteiger charge is 1.95. The number of hydrogen-bond donors (Lipinski definition) is 2. The Bertz CT molecular complexity index is 295. The normalized spacial score (nSPS) is 11.5. The highest BCUT2D eigenvalue weighted by Crippen LogP contribution is 1.88. The Balaban J connectivity index is 2.14. The Morgan fingerprint density at radius 3 is 2.56 bits per heavy atom. The molecular weight excluding hydrogens is 220 g/mol. The van der Waals surface area contributed by atoms with Crippen LogP contribution in [0.3, 0.4) is 0 Å². The van der Waals surface area contributed by atoms with Crippen molar-refractivity contribution in [3.8, 4) is 0 Å². The zero-order chi connectivity index (χ0) is 11.6. The van der Waals surface area contributed by atoms with Gasteiger partial charge in [0.1, 0.15) is 0 Å². The average molecular weight is 240 g/mol. The first-order valence-corrected chi connectivity index (χ1v) is 6.80. The van der Waals surface area contributed by atoms with Gasteiger partial charge in [-0.05, 0) is 18.4 Å². The van der Waals surface area contributed by atoms with Crippen LogP contribution in [0, 0.1) is 0 Å². The highest BCUT2D eigenvalue weighted by molar-refractivity contribution is 7.98. The van der Waals surface area contributed by atoms with Crippen molar-refractivity contribution in [1.29, 1.82) is 0 Å². The monoisotopic (exact) mass is 240 g/mol. The molecule has 0 spiro atoms. The first-order chi connectivity index (χ1) is 7.86. The summed E-state index contributed by atoms with van der Waals surface area (Å²) in [6, 6.07) is 4.07. The number of aliphatic imine (C=N–C) groups is 1. The van der Waals surface area contributed by atoms with Gasteiger partial charge in [-0.15, -0.1) is 0 Å². The lowest BCUT2D eigenvalue weighted by Crippen LogP contribution is -2.39. The van der Waals surface area contributed by atoms with E-state index in [2.05, 4.69) is 38.8 Å². The second kappa shape index (κ2) is 8.10. The lowest BCUT2D eigenvalue weighted by Gasteiger charge is -2.11. The maximum Gasteiger partial charge on any atom is 0.191 e. The van der Waals surface area contributed by atoms with Crippen LogP contribution in [0.15, 0.2) is 29.5 Å². The maximum atomic E-state index is 4.15. The molecule has 90 valence electrons. The fourth-order valence-corrected chi connectivity index (χ4v) is 1.62. The van der Waals surface area contributed by atoms with Crippen LogP contribution in [-0.2, 0) is 6.54 Å². The average Bonchev–Trinajstić information content (AvgIpc) is 2.80. The molecule has 0 aromatic carbocycles. The standard InChI is InChI=1S/C11H20N4S/c1-12-11(14-6-10-16-2)13-5-9-15-7-3-4-8-15/h3-4,7-8H,5-6,9-10H2,1-2H3,(H2,12,13,14). The van der Waals surface area contributed by atoms with E-state index < -0.39 is 0 Å². The van der Waals surface area contributed by atoms with Crippen LogP contribution in [0.1, 0.15) is 0 Å². The molecule has 0 atom stereocenters. The minimum absolute atomic E-state index is 0.876. The predicted molar refractivity (Wildman–Crippen MR) is 72.2 cm³/mol. The summed E-state index contributed by atoms with van der Waals surface area (Å²) >= 11 is 1.83. The van der Waals surface area contributed by atoms with Crippen LogP contribution in [0.5, 0.6) is 0 Å². The summed E-state index contributed by atoms with van der Waals surface area (Å²) < 4.78 is 2.14. The van der Waals surface area contributed by atoms with E-state index in [1.54, 1.807) is 7.05 Å². The van der Waals surface area contributed by atoms with Gasteiger partial charge in [0.2, 0.25) is 0 Å². The first-order valence-electron chi connectivity index (χ1n) is 5.41. The Hall–Kier alpha value is -1.10. The Labute approximate surface area is 102 Å². The minimum Gasteiger partial charge on any atom is -0.356 e. The smallest absolute Gasteiger partial charge is 0.191 e. The van der Waals surface area contributed by atoms with Crippen LogP contribution >= 0.6 is 11.8 Å². The fraction of sp³-hybridized carbons (Fsp3) is 0.545. The molecule has 1 aromatic rings. The quantitative estimate of drug-likeness (QED) is 0.443. The van der Waals surface area contributed by atoms with Crippen molar-refractivity contribution < 1.29 is 0 Å². The second-order valence-corrected chi connectivity index (χ2v) is 4.33. The van der Waals surface area contributed by atoms with Crippen LogP contribution in [0.4, 0.5) is 0 Å². The van der Waals surface area contributed by atoms with E-state index in [1.807, 2.05) is 23.9 Å². The Kier molecular flexibility index (Phi) is 6.56. The summed E-state index contributed by atoms with van der Waals surface area (Å²) in [6.07, 6.45) is 6.22. The number of aromatic nitrogens is 1. The van der Waals surface area contributed by atoms with Gasteiger partial charge in [-0.3, -0.25) is 4.99 Å². The van der Waals surface area contributed by atoms with Crippen molar-refractivity contribution in [2.24, 2.45) is 4.99 Å². The molecule has 4 nitrogen and oxygen atoms in total. The van der Waals surface area contributed by atoms with E-state index in [4.69, 9.17) is 0 Å². The molecule has 0 fully saturated rings. The van der Waals surface area contributed by atoms with Crippen LogP contribution in [0.2, 0.25) is 0 Å². The number of thioether (sulfide) groups is 1. The number of nitrogens with one attached hydrogen (secondary N) is 2. The topological polar surface area (TPSA) is 41.4 Å². The van der Waals surface area contributed by atoms with Gasteiger partial charge in [0.05, 0.1) is 0 Å². The van der Waals surface area contributed by atoms with Crippen molar-refractivity contribution in [3.63, 3.8) is 0 Å². The molecule has 5 heteroatoms. The molecule has 0 aliphatic heterocycles. The molecule has 0 unspecified atom stereocenters. The van der Waals surface area contributed by atoms with E-state index in [-0.39, 0.29) is 0 Å². The second-order valence-electron chi connectivity index (χ2n) is 3.34. The summed E-state index contributed by atoms with van der Waals surface area (Å²) in [5.74, 6) is 1.97. The SMILES string of the molecule is CN=C(NCCSC)NCCn1cccc1. The van der Waals surface area contributed by atoms with Gasteiger partial charge >= 0.3 is 0 Å². The lowest BCUT2D eigenvalue weighted by molar-refractivity contribution is 0.667. The molecule has 1 heterocycles. The van der Waals surface area contributed by atoms with Gasteiger partial charge in [0.25, 0.3) is 0 Å². The predicted octanol–water partition coefficient (Wildman–Crippen LogP) is 1.02. The summed E-state index contributed by atoms with van der Waals surface area (Å²) in [7, 11) is 1.80. The molecule has 0 aliphatic carbocycles. The van der Waals surface area contributed by atoms with Gasteiger partial charge in [-0.1, -0.05) is 0 Å². The Morgan fingerprint density at radius 1 is 1.25 bits per heavy atom. The van der Waals surface area contributed by atoms with Crippen LogP contribution in [-0.4, -0.2) is 42.7 Å². The van der Waals surface area contributed by atoms with E-state index in [0.29, 0.717) is 0 Å². The van der Waals surface area contributed by atoms with Crippen molar-refractivity contribution in [2.75, 3.05) is 32.1 Å². The minimum atomic E-state index is 0.876. The zero-order valence-electron chi connectivity index (χ0n) is 9.94. The molecule has 0 amide bonds. The maximum absolute atomic E-state index is 4.15. The molecule has 16 heavy (non-hydrogen) atoms. The molecule has 1 rings (SSSR count). The molecular formula is C11H20N4S. The summed E-state index contributed by atoms with van der Waals surface area (Å²) in [4.78, 5) is 4.15. The summed E-state index contributed by atoms with van der Waals surface area (Å²) in [5.41, 5.74) is 0. The molecule has 0 saturated carbocycles. The van der Waals surface area contributed by atoms with Gasteiger partial charge in [-0.25, -0.2) is 0 Å². The largest absolute Gasteiger partial charge is 0.356 e. The molecule has 0 bridgehead atoms. The van der Waals surface area contributed by atoms with Gasteiger partial charge in [-0.2, -0.15) is 11.8 Å². The molecule has 0 radical (unpaired) electrons. The van der Waals surface area contributed by atoms with Crippen molar-refractivity contribution in [3.05, 3.63) is 24.5 Å². The number of rotatable bonds is 6. The third-order valence-corrected chi connectivity index (χ3v) is 2.76. The summed E-state index contributed by atoms with van der Waals surface area (Å²) in [6.45, 7) is 2.79. The summed E-state index contributed by atoms with van der Waals surface area (Å²) in [5, 5.41) is 6.53. The van der Waals surface area contributed by atoms with E-state index in [9.17, 15) is 0 Å². The fourth-order valence-electron chi connectivity index (χ4n) is 1.31. The van der Waals surface area contributed by atoms with Gasteiger partial charge in [0, 0.05) is 44.8 Å². The Morgan fingerprint density at radius 2 is 1.94 bits per heavy atom. The lowest BCUT2D eigenvalue weighted by atomic mass is 10.6. The van der Waals surface area contributed by atoms with Gasteiger partial charge in [0.15, 0.2) is 5.96 Å². The third kappa shape index (κ3) is 5.11. The number of hydrogen-bond acceptors (Lipinski definition) is 2. The van der Waals surface area contributed by atoms with Crippen molar-refractivity contribution in [2.45, 2.75) is 6.54 Å². The zero-order valence-corrected chi connectivity index (χ0v) is 10.8. The van der Waals surface area contributed by atoms with E-state index in [1.165, 1.54) is 0 Å². The number of nitrogens with zero attached hydrogens (tertiary/aromatic N) is 2. The van der Waals surface area contributed by atoms with Crippen LogP contribution in [0.25, 0.3) is 0 Å². The highest BCUT2D eigenvalue weighted by atomic mass is 32.2. The molecule has 2 N–H and O–H groups in total. The van der Waals surface area contributed by atoms with E-state index >= 15 is 0 Å². The number of guanidine groups is 1. The van der Waals surface area contributed by atoms with Gasteiger partial charge < -0.3 is 15.2 Å². The molecule has 0 saturated heterocycles. The van der Waals surface area contributed by atoms with Crippen LogP contribution < -0.4 is 10.6 Å². The first kappa shape index (κ1) is 13.0. The molecule has 0 aliphatic rings. The molecule has 1 aromatic heterocycles. The van der Waals surface area contributed by atoms with Crippen molar-refractivity contribution in [1.82, 2.24) is 15.2 Å². The van der Waals surface area contributed by atoms with E-state index in [0.717, 1.165) is 31.3 Å².